The van der Waals surface area contributed by atoms with E-state index in [1.54, 1.807) is 18.2 Å². The van der Waals surface area contributed by atoms with E-state index < -0.39 is 42.0 Å². The summed E-state index contributed by atoms with van der Waals surface area (Å²) in [4.78, 5) is 41.6. The summed E-state index contributed by atoms with van der Waals surface area (Å²) in [6, 6.07) is 7.16. The molecule has 2 saturated heterocycles. The van der Waals surface area contributed by atoms with Crippen molar-refractivity contribution < 1.29 is 44.3 Å². The van der Waals surface area contributed by atoms with Crippen LogP contribution in [0.3, 0.4) is 0 Å². The minimum absolute atomic E-state index is 0.267. The van der Waals surface area contributed by atoms with Crippen LogP contribution in [0, 0.1) is 5.82 Å². The number of piperidine rings is 1. The van der Waals surface area contributed by atoms with Crippen molar-refractivity contribution in [3.8, 4) is 0 Å². The highest BCUT2D eigenvalue weighted by molar-refractivity contribution is 7.98. The summed E-state index contributed by atoms with van der Waals surface area (Å²) >= 11 is 1.53. The van der Waals surface area contributed by atoms with Gasteiger partial charge in [0.05, 0.1) is 18.4 Å². The first kappa shape index (κ1) is 29.4. The summed E-state index contributed by atoms with van der Waals surface area (Å²) < 4.78 is 14.2. The van der Waals surface area contributed by atoms with Gasteiger partial charge in [0.25, 0.3) is 0 Å². The van der Waals surface area contributed by atoms with Gasteiger partial charge in [-0.15, -0.1) is 0 Å². The minimum atomic E-state index is -2.74. The zero-order chi connectivity index (χ0) is 28.1. The lowest BCUT2D eigenvalue weighted by Crippen LogP contribution is -2.49. The molecule has 5 N–H and O–H groups in total. The van der Waals surface area contributed by atoms with Crippen molar-refractivity contribution in [2.24, 2.45) is 0 Å². The monoisotopic (exact) mass is 551 g/mol. The smallest absolute Gasteiger partial charge is 0.336 e. The first-order valence-corrected chi connectivity index (χ1v) is 13.1. The number of nitrogens with zero attached hydrogens (tertiary/aromatic N) is 3. The topological polar surface area (TPSA) is 181 Å². The van der Waals surface area contributed by atoms with E-state index >= 15 is 0 Å². The molecule has 0 saturated carbocycles. The number of carboxylic acid groups (broad SMARTS) is 3. The third-order valence-corrected chi connectivity index (χ3v) is 7.38. The molecule has 2 aromatic rings. The molecule has 1 aromatic carbocycles. The largest absolute Gasteiger partial charge is 0.481 e. The zero-order valence-corrected chi connectivity index (χ0v) is 21.5. The van der Waals surface area contributed by atoms with Crippen LogP contribution in [0.4, 0.5) is 4.39 Å². The van der Waals surface area contributed by atoms with Crippen molar-refractivity contribution in [3.63, 3.8) is 0 Å². The van der Waals surface area contributed by atoms with Gasteiger partial charge in [0, 0.05) is 42.1 Å². The highest BCUT2D eigenvalue weighted by Crippen LogP contribution is 2.46. The molecule has 38 heavy (non-hydrogen) atoms. The van der Waals surface area contributed by atoms with Crippen LogP contribution in [0.5, 0.6) is 0 Å². The van der Waals surface area contributed by atoms with E-state index in [4.69, 9.17) is 20.4 Å². The van der Waals surface area contributed by atoms with E-state index in [1.165, 1.54) is 17.8 Å². The molecule has 0 amide bonds. The van der Waals surface area contributed by atoms with Crippen LogP contribution in [-0.4, -0.2) is 82.2 Å². The number of aromatic nitrogens is 2. The van der Waals surface area contributed by atoms with Crippen LogP contribution in [0.25, 0.3) is 0 Å². The molecule has 11 nitrogen and oxygen atoms in total. The number of aliphatic hydroxyl groups is 2. The van der Waals surface area contributed by atoms with Gasteiger partial charge in [0.15, 0.2) is 10.8 Å². The lowest BCUT2D eigenvalue weighted by Gasteiger charge is -2.44. The van der Waals surface area contributed by atoms with Crippen LogP contribution < -0.4 is 0 Å². The van der Waals surface area contributed by atoms with E-state index in [2.05, 4.69) is 14.9 Å². The first-order chi connectivity index (χ1) is 17.9. The molecular formula is C25H30FN3O8S. The Morgan fingerprint density at radius 1 is 1.05 bits per heavy atom. The molecule has 0 spiro atoms. The van der Waals surface area contributed by atoms with Crippen molar-refractivity contribution in [3.05, 3.63) is 53.6 Å². The Kier molecular flexibility index (Phi) is 9.41. The van der Waals surface area contributed by atoms with Gasteiger partial charge in [-0.2, -0.15) is 0 Å². The molecule has 2 atom stereocenters. The standard InChI is InChI=1S/C19H22FN3OS.C6H8O7/c1-25-18-21-10-13(11-22-18)12-23-14-6-7-15(23)9-19(24,8-14)16-4-2-3-5-17(16)20;7-3(8)1-6(13,5(11)12)2-4(9)10/h2-5,10-11,14-15,24H,6-9,12H2,1H3;13H,1-2H2,(H,7,8)(H,9,10)(H,11,12). The number of halogens is 1. The molecule has 3 heterocycles. The summed E-state index contributed by atoms with van der Waals surface area (Å²) in [5.41, 5.74) is -2.27. The Balaban J connectivity index is 0.000000263. The first-order valence-electron chi connectivity index (χ1n) is 11.8. The Morgan fingerprint density at radius 2 is 1.58 bits per heavy atom. The Morgan fingerprint density at radius 3 is 2.03 bits per heavy atom. The number of thioether (sulfide) groups is 1. The van der Waals surface area contributed by atoms with Crippen LogP contribution in [-0.2, 0) is 26.5 Å². The van der Waals surface area contributed by atoms with Gasteiger partial charge >= 0.3 is 17.9 Å². The number of carbonyl (C=O) groups is 3. The van der Waals surface area contributed by atoms with Crippen molar-refractivity contribution in [2.45, 2.75) is 73.5 Å². The maximum Gasteiger partial charge on any atom is 0.336 e. The van der Waals surface area contributed by atoms with Crippen LogP contribution in [0.2, 0.25) is 0 Å². The van der Waals surface area contributed by atoms with Crippen LogP contribution >= 0.6 is 11.8 Å². The Hall–Kier alpha value is -3.13. The Bertz CT molecular complexity index is 1140. The lowest BCUT2D eigenvalue weighted by molar-refractivity contribution is -0.170. The fourth-order valence-corrected chi connectivity index (χ4v) is 5.40. The Labute approximate surface area is 222 Å². The molecule has 206 valence electrons. The van der Waals surface area contributed by atoms with Gasteiger partial charge in [-0.05, 0) is 38.0 Å². The number of carboxylic acids is 3. The summed E-state index contributed by atoms with van der Waals surface area (Å²) in [5, 5.41) is 45.8. The molecule has 0 aliphatic carbocycles. The van der Waals surface area contributed by atoms with E-state index in [0.29, 0.717) is 18.4 Å². The number of benzene rings is 1. The van der Waals surface area contributed by atoms with Crippen LogP contribution in [0.1, 0.15) is 49.7 Å². The molecule has 13 heteroatoms. The van der Waals surface area contributed by atoms with Gasteiger partial charge in [-0.25, -0.2) is 19.2 Å². The normalized spacial score (nSPS) is 22.8. The molecular weight excluding hydrogens is 521 g/mol. The lowest BCUT2D eigenvalue weighted by atomic mass is 9.80. The SMILES string of the molecule is CSc1ncc(CN2C3CCC2CC(O)(c2ccccc2F)C3)cn1.O=C(O)CC(O)(CC(=O)O)C(=O)O. The quantitative estimate of drug-likeness (QED) is 0.226. The number of hydrogen-bond donors (Lipinski definition) is 5. The molecule has 2 fully saturated rings. The predicted molar refractivity (Wildman–Crippen MR) is 133 cm³/mol. The molecule has 1 aromatic heterocycles. The van der Waals surface area contributed by atoms with Crippen molar-refractivity contribution >= 4 is 29.7 Å². The molecule has 4 rings (SSSR count). The summed E-state index contributed by atoms with van der Waals surface area (Å²) in [6.45, 7) is 0.789. The third-order valence-electron chi connectivity index (χ3n) is 6.81. The maximum absolute atomic E-state index is 14.2. The van der Waals surface area contributed by atoms with Gasteiger partial charge in [0.2, 0.25) is 0 Å². The van der Waals surface area contributed by atoms with Crippen molar-refractivity contribution in [1.29, 1.82) is 0 Å². The second-order valence-corrected chi connectivity index (χ2v) is 10.3. The van der Waals surface area contributed by atoms with Gasteiger partial charge in [-0.3, -0.25) is 14.5 Å². The zero-order valence-electron chi connectivity index (χ0n) is 20.7. The summed E-state index contributed by atoms with van der Waals surface area (Å²) in [7, 11) is 0. The van der Waals surface area contributed by atoms with E-state index in [9.17, 15) is 23.9 Å². The van der Waals surface area contributed by atoms with Crippen molar-refractivity contribution in [2.75, 3.05) is 6.26 Å². The fraction of sp³-hybridized carbons (Fsp3) is 0.480. The maximum atomic E-state index is 14.2. The molecule has 2 aliphatic heterocycles. The second-order valence-electron chi connectivity index (χ2n) is 9.53. The molecule has 2 bridgehead atoms. The number of rotatable bonds is 9. The highest BCUT2D eigenvalue weighted by Gasteiger charge is 2.49. The number of hydrogen-bond acceptors (Lipinski definition) is 9. The van der Waals surface area contributed by atoms with Gasteiger partial charge in [0.1, 0.15) is 5.82 Å². The number of fused-ring (bicyclic) bond motifs is 2. The molecule has 0 radical (unpaired) electrons. The number of aliphatic carboxylic acids is 3. The van der Waals surface area contributed by atoms with Gasteiger partial charge in [-0.1, -0.05) is 30.0 Å². The van der Waals surface area contributed by atoms with Crippen molar-refractivity contribution in [1.82, 2.24) is 14.9 Å². The average Bonchev–Trinajstić information content (AvgIpc) is 3.08. The van der Waals surface area contributed by atoms with E-state index in [0.717, 1.165) is 30.1 Å². The minimum Gasteiger partial charge on any atom is -0.481 e. The van der Waals surface area contributed by atoms with E-state index in [-0.39, 0.29) is 17.9 Å². The molecule has 2 unspecified atom stereocenters. The molecule has 2 aliphatic rings. The highest BCUT2D eigenvalue weighted by atomic mass is 32.2. The van der Waals surface area contributed by atoms with Crippen LogP contribution in [0.15, 0.2) is 41.8 Å². The van der Waals surface area contributed by atoms with E-state index in [1.807, 2.05) is 18.6 Å². The van der Waals surface area contributed by atoms with Gasteiger partial charge < -0.3 is 25.5 Å². The third kappa shape index (κ3) is 7.04. The fourth-order valence-electron chi connectivity index (χ4n) is 5.09. The summed E-state index contributed by atoms with van der Waals surface area (Å²) in [6.07, 6.45) is 6.69. The predicted octanol–water partition coefficient (Wildman–Crippen LogP) is 2.10. The summed E-state index contributed by atoms with van der Waals surface area (Å²) in [5.74, 6) is -5.33. The second kappa shape index (κ2) is 12.2. The average molecular weight is 552 g/mol.